The fourth-order valence-corrected chi connectivity index (χ4v) is 4.25. The Morgan fingerprint density at radius 1 is 1.29 bits per heavy atom. The Hall–Kier alpha value is -0.770. The van der Waals surface area contributed by atoms with E-state index in [2.05, 4.69) is 23.2 Å². The van der Waals surface area contributed by atoms with Crippen LogP contribution < -0.4 is 0 Å². The second-order valence-electron chi connectivity index (χ2n) is 5.99. The van der Waals surface area contributed by atoms with Gasteiger partial charge in [0.2, 0.25) is 0 Å². The third kappa shape index (κ3) is 2.79. The van der Waals surface area contributed by atoms with Gasteiger partial charge in [-0.3, -0.25) is 4.90 Å². The van der Waals surface area contributed by atoms with Crippen molar-refractivity contribution in [2.24, 2.45) is 11.1 Å². The predicted molar refractivity (Wildman–Crippen MR) is 87.4 cm³/mol. The summed E-state index contributed by atoms with van der Waals surface area (Å²) < 4.78 is 0. The maximum atomic E-state index is 6.20. The van der Waals surface area contributed by atoms with E-state index in [9.17, 15) is 0 Å². The monoisotopic (exact) mass is 326 g/mol. The lowest BCUT2D eigenvalue weighted by atomic mass is 9.77. The predicted octanol–water partition coefficient (Wildman–Crippen LogP) is 4.19. The molecule has 1 aromatic carbocycles. The molecular weight excluding hydrogens is 307 g/mol. The topological polar surface area (TPSA) is 24.8 Å². The molecule has 0 N–H and O–H groups in total. The molecule has 2 aliphatic rings. The van der Waals surface area contributed by atoms with Crippen LogP contribution in [0.2, 0.25) is 10.0 Å². The van der Waals surface area contributed by atoms with Crippen LogP contribution in [0.4, 0.5) is 0 Å². The molecular formula is C16H20Cl2N2O. The van der Waals surface area contributed by atoms with Crippen molar-refractivity contribution < 1.29 is 4.84 Å². The molecule has 4 unspecified atom stereocenters. The molecule has 0 amide bonds. The smallest absolute Gasteiger partial charge is 0.106 e. The first-order valence-electron chi connectivity index (χ1n) is 7.35. The average molecular weight is 327 g/mol. The van der Waals surface area contributed by atoms with Crippen LogP contribution in [0.25, 0.3) is 0 Å². The van der Waals surface area contributed by atoms with Crippen LogP contribution in [0.3, 0.4) is 0 Å². The third-order valence-electron chi connectivity index (χ3n) is 5.04. The quantitative estimate of drug-likeness (QED) is 0.614. The number of halogens is 2. The van der Waals surface area contributed by atoms with Crippen molar-refractivity contribution >= 4 is 29.4 Å². The van der Waals surface area contributed by atoms with E-state index in [1.54, 1.807) is 7.11 Å². The zero-order chi connectivity index (χ0) is 15.0. The lowest BCUT2D eigenvalue weighted by molar-refractivity contribution is 0.131. The van der Waals surface area contributed by atoms with Crippen molar-refractivity contribution in [1.29, 1.82) is 0 Å². The lowest BCUT2D eigenvalue weighted by Gasteiger charge is -2.41. The molecule has 3 nitrogen and oxygen atoms in total. The molecule has 0 aliphatic carbocycles. The summed E-state index contributed by atoms with van der Waals surface area (Å²) in [6.07, 6.45) is 5.58. The van der Waals surface area contributed by atoms with Crippen LogP contribution in [0.5, 0.6) is 0 Å². The first-order chi connectivity index (χ1) is 10.1. The van der Waals surface area contributed by atoms with Crippen LogP contribution >= 0.6 is 23.2 Å². The number of hydrogen-bond donors (Lipinski definition) is 0. The van der Waals surface area contributed by atoms with Crippen molar-refractivity contribution in [3.8, 4) is 0 Å². The highest BCUT2D eigenvalue weighted by atomic mass is 35.5. The molecule has 3 rings (SSSR count). The molecule has 2 fully saturated rings. The number of rotatable bonds is 3. The normalized spacial score (nSPS) is 32.8. The zero-order valence-electron chi connectivity index (χ0n) is 12.3. The van der Waals surface area contributed by atoms with Crippen molar-refractivity contribution in [2.75, 3.05) is 14.2 Å². The fourth-order valence-electron chi connectivity index (χ4n) is 3.94. The van der Waals surface area contributed by atoms with E-state index in [0.29, 0.717) is 34.0 Å². The standard InChI is InChI=1S/C16H20Cl2N2O/c1-20-11-4-6-16(20)13(9-19-21-2)12(8-11)10-3-5-14(17)15(18)7-10/h3,5,7,9,11-13,16H,4,6,8H2,1-2H3/b19-9+. The molecule has 2 bridgehead atoms. The van der Waals surface area contributed by atoms with Crippen molar-refractivity contribution in [2.45, 2.75) is 37.3 Å². The van der Waals surface area contributed by atoms with Crippen LogP contribution in [-0.4, -0.2) is 37.4 Å². The summed E-state index contributed by atoms with van der Waals surface area (Å²) in [5.74, 6) is 0.776. The molecule has 2 heterocycles. The number of hydrogen-bond acceptors (Lipinski definition) is 3. The maximum absolute atomic E-state index is 6.20. The van der Waals surface area contributed by atoms with Crippen molar-refractivity contribution in [3.63, 3.8) is 0 Å². The van der Waals surface area contributed by atoms with E-state index in [1.807, 2.05) is 18.3 Å². The number of fused-ring (bicyclic) bond motifs is 2. The van der Waals surface area contributed by atoms with Gasteiger partial charge in [0.05, 0.1) is 10.0 Å². The van der Waals surface area contributed by atoms with Gasteiger partial charge in [0, 0.05) is 24.2 Å². The number of oxime groups is 1. The first kappa shape index (κ1) is 15.1. The second kappa shape index (κ2) is 6.15. The molecule has 5 heteroatoms. The third-order valence-corrected chi connectivity index (χ3v) is 5.78. The van der Waals surface area contributed by atoms with E-state index in [0.717, 1.165) is 6.42 Å². The Balaban J connectivity index is 1.94. The summed E-state index contributed by atoms with van der Waals surface area (Å²) in [4.78, 5) is 7.42. The van der Waals surface area contributed by atoms with E-state index in [-0.39, 0.29) is 0 Å². The number of benzene rings is 1. The molecule has 114 valence electrons. The van der Waals surface area contributed by atoms with Crippen molar-refractivity contribution in [1.82, 2.24) is 4.90 Å². The average Bonchev–Trinajstić information content (AvgIpc) is 2.72. The molecule has 0 spiro atoms. The van der Waals surface area contributed by atoms with Gasteiger partial charge in [0.15, 0.2) is 0 Å². The van der Waals surface area contributed by atoms with Crippen LogP contribution in [-0.2, 0) is 4.84 Å². The van der Waals surface area contributed by atoms with E-state index in [4.69, 9.17) is 28.0 Å². The van der Waals surface area contributed by atoms with Gasteiger partial charge in [-0.1, -0.05) is 34.4 Å². The van der Waals surface area contributed by atoms with Crippen LogP contribution in [0, 0.1) is 5.92 Å². The number of piperidine rings is 1. The molecule has 2 aliphatic heterocycles. The summed E-state index contributed by atoms with van der Waals surface area (Å²) in [5, 5.41) is 5.29. The van der Waals surface area contributed by atoms with Gasteiger partial charge >= 0.3 is 0 Å². The zero-order valence-corrected chi connectivity index (χ0v) is 13.8. The van der Waals surface area contributed by atoms with Gasteiger partial charge in [-0.05, 0) is 49.9 Å². The molecule has 21 heavy (non-hydrogen) atoms. The number of nitrogens with zero attached hydrogens (tertiary/aromatic N) is 2. The molecule has 1 aromatic rings. The van der Waals surface area contributed by atoms with Crippen LogP contribution in [0.1, 0.15) is 30.7 Å². The highest BCUT2D eigenvalue weighted by molar-refractivity contribution is 6.42. The van der Waals surface area contributed by atoms with Gasteiger partial charge < -0.3 is 4.84 Å². The maximum Gasteiger partial charge on any atom is 0.106 e. The van der Waals surface area contributed by atoms with E-state index >= 15 is 0 Å². The minimum Gasteiger partial charge on any atom is -0.399 e. The first-order valence-corrected chi connectivity index (χ1v) is 8.11. The Morgan fingerprint density at radius 2 is 2.10 bits per heavy atom. The minimum absolute atomic E-state index is 0.353. The Bertz CT molecular complexity index is 549. The fraction of sp³-hybridized carbons (Fsp3) is 0.562. The molecule has 0 aromatic heterocycles. The Morgan fingerprint density at radius 3 is 2.81 bits per heavy atom. The van der Waals surface area contributed by atoms with Gasteiger partial charge in [0.1, 0.15) is 7.11 Å². The molecule has 2 saturated heterocycles. The molecule has 0 saturated carbocycles. The molecule has 4 atom stereocenters. The van der Waals surface area contributed by atoms with Gasteiger partial charge in [-0.15, -0.1) is 0 Å². The highest BCUT2D eigenvalue weighted by Gasteiger charge is 2.45. The summed E-state index contributed by atoms with van der Waals surface area (Å²) in [6, 6.07) is 7.18. The summed E-state index contributed by atoms with van der Waals surface area (Å²) in [6.45, 7) is 0. The van der Waals surface area contributed by atoms with E-state index < -0.39 is 0 Å². The summed E-state index contributed by atoms with van der Waals surface area (Å²) in [5.41, 5.74) is 1.25. The highest BCUT2D eigenvalue weighted by Crippen LogP contribution is 2.46. The minimum atomic E-state index is 0.353. The summed E-state index contributed by atoms with van der Waals surface area (Å²) >= 11 is 12.2. The van der Waals surface area contributed by atoms with Gasteiger partial charge in [0.25, 0.3) is 0 Å². The Labute approximate surface area is 135 Å². The largest absolute Gasteiger partial charge is 0.399 e. The Kier molecular flexibility index (Phi) is 4.43. The SMILES string of the molecule is CO/N=C/C1C(c2ccc(Cl)c(Cl)c2)CC2CCC1N2C. The van der Waals surface area contributed by atoms with Crippen molar-refractivity contribution in [3.05, 3.63) is 33.8 Å². The molecule has 0 radical (unpaired) electrons. The second-order valence-corrected chi connectivity index (χ2v) is 6.81. The summed E-state index contributed by atoms with van der Waals surface area (Å²) in [7, 11) is 3.82. The lowest BCUT2D eigenvalue weighted by Crippen LogP contribution is -2.46. The van der Waals surface area contributed by atoms with E-state index in [1.165, 1.54) is 18.4 Å². The van der Waals surface area contributed by atoms with Gasteiger partial charge in [-0.2, -0.15) is 0 Å². The van der Waals surface area contributed by atoms with Crippen LogP contribution in [0.15, 0.2) is 23.4 Å². The van der Waals surface area contributed by atoms with Gasteiger partial charge in [-0.25, -0.2) is 0 Å².